The van der Waals surface area contributed by atoms with Crippen molar-refractivity contribution < 1.29 is 9.59 Å². The summed E-state index contributed by atoms with van der Waals surface area (Å²) in [7, 11) is 0. The fraction of sp³-hybridized carbons (Fsp3) is 0.208. The maximum Gasteiger partial charge on any atom is 0.247 e. The van der Waals surface area contributed by atoms with Gasteiger partial charge in [-0.3, -0.25) is 14.5 Å². The Hall–Kier alpha value is -2.67. The second kappa shape index (κ2) is 10.8. The van der Waals surface area contributed by atoms with E-state index in [1.807, 2.05) is 55.6 Å². The van der Waals surface area contributed by atoms with E-state index in [0.717, 1.165) is 11.3 Å². The Morgan fingerprint density at radius 1 is 1.09 bits per heavy atom. The Labute approximate surface area is 201 Å². The van der Waals surface area contributed by atoms with E-state index in [4.69, 9.17) is 23.2 Å². The monoisotopic (exact) mass is 487 g/mol. The Morgan fingerprint density at radius 3 is 2.44 bits per heavy atom. The molecule has 0 aliphatic heterocycles. The molecule has 2 amide bonds. The van der Waals surface area contributed by atoms with Crippen molar-refractivity contribution in [2.45, 2.75) is 33.4 Å². The second-order valence-corrected chi connectivity index (χ2v) is 9.04. The van der Waals surface area contributed by atoms with Crippen molar-refractivity contribution in [3.05, 3.63) is 81.3 Å². The summed E-state index contributed by atoms with van der Waals surface area (Å²) in [5, 5.41) is 3.30. The molecule has 0 saturated carbocycles. The molecule has 0 saturated heterocycles. The highest BCUT2D eigenvalue weighted by atomic mass is 35.5. The van der Waals surface area contributed by atoms with Gasteiger partial charge in [-0.05, 0) is 49.8 Å². The number of aromatic nitrogens is 1. The van der Waals surface area contributed by atoms with Gasteiger partial charge in [-0.1, -0.05) is 47.5 Å². The van der Waals surface area contributed by atoms with Crippen LogP contribution in [0.15, 0.2) is 60.0 Å². The van der Waals surface area contributed by atoms with Gasteiger partial charge in [-0.2, -0.15) is 0 Å². The summed E-state index contributed by atoms with van der Waals surface area (Å²) in [5.41, 5.74) is 2.25. The van der Waals surface area contributed by atoms with Gasteiger partial charge in [-0.25, -0.2) is 4.98 Å². The molecular weight excluding hydrogens is 465 g/mol. The number of amides is 2. The summed E-state index contributed by atoms with van der Waals surface area (Å²) < 4.78 is 0. The predicted molar refractivity (Wildman–Crippen MR) is 133 cm³/mol. The van der Waals surface area contributed by atoms with Gasteiger partial charge in [0.15, 0.2) is 5.13 Å². The first kappa shape index (κ1) is 24.0. The molecule has 3 rings (SSSR count). The van der Waals surface area contributed by atoms with Crippen LogP contribution in [0.4, 0.5) is 10.8 Å². The highest BCUT2D eigenvalue weighted by molar-refractivity contribution is 7.14. The lowest BCUT2D eigenvalue weighted by molar-refractivity contribution is -0.128. The quantitative estimate of drug-likeness (QED) is 0.353. The molecule has 3 aromatic rings. The summed E-state index contributed by atoms with van der Waals surface area (Å²) in [6.07, 6.45) is 3.16. The van der Waals surface area contributed by atoms with Crippen molar-refractivity contribution in [1.29, 1.82) is 0 Å². The molecule has 166 valence electrons. The lowest BCUT2D eigenvalue weighted by atomic mass is 10.2. The van der Waals surface area contributed by atoms with Gasteiger partial charge in [0.1, 0.15) is 0 Å². The van der Waals surface area contributed by atoms with Crippen LogP contribution in [-0.2, 0) is 16.1 Å². The largest absolute Gasteiger partial charge is 0.332 e. The zero-order chi connectivity index (χ0) is 23.3. The maximum absolute atomic E-state index is 12.9. The first-order valence-electron chi connectivity index (χ1n) is 10.00. The molecule has 1 aromatic heterocycles. The van der Waals surface area contributed by atoms with E-state index < -0.39 is 0 Å². The average Bonchev–Trinajstić information content (AvgIpc) is 3.21. The fourth-order valence-corrected chi connectivity index (χ4v) is 4.24. The third-order valence-electron chi connectivity index (χ3n) is 4.67. The van der Waals surface area contributed by atoms with Crippen molar-refractivity contribution in [2.24, 2.45) is 0 Å². The van der Waals surface area contributed by atoms with Crippen LogP contribution in [0.5, 0.6) is 0 Å². The average molecular weight is 488 g/mol. The van der Waals surface area contributed by atoms with Crippen molar-refractivity contribution >= 4 is 63.2 Å². The molecule has 0 N–H and O–H groups in total. The minimum Gasteiger partial charge on any atom is -0.332 e. The lowest BCUT2D eigenvalue weighted by Crippen LogP contribution is -2.35. The van der Waals surface area contributed by atoms with Crippen molar-refractivity contribution in [3.8, 4) is 0 Å². The Bertz CT molecular complexity index is 1130. The normalized spacial score (nSPS) is 11.2. The van der Waals surface area contributed by atoms with Crippen LogP contribution in [0, 0.1) is 0 Å². The second-order valence-electron chi connectivity index (χ2n) is 7.39. The number of benzene rings is 2. The predicted octanol–water partition coefficient (Wildman–Crippen LogP) is 6.58. The maximum atomic E-state index is 12.9. The number of para-hydroxylation sites is 1. The van der Waals surface area contributed by atoms with Gasteiger partial charge in [0.2, 0.25) is 11.8 Å². The zero-order valence-corrected chi connectivity index (χ0v) is 20.3. The number of carbonyl (C=O) groups excluding carboxylic acids is 2. The van der Waals surface area contributed by atoms with E-state index in [1.54, 1.807) is 28.0 Å². The van der Waals surface area contributed by atoms with Gasteiger partial charge < -0.3 is 4.90 Å². The van der Waals surface area contributed by atoms with Crippen LogP contribution >= 0.6 is 34.5 Å². The standard InChI is InChI=1S/C24H23Cl2N3O2S/c1-16(2)28(14-18-9-11-21(25)22(26)13-18)23(31)12-10-19-15-32-24(27-19)29(17(3)30)20-7-5-4-6-8-20/h4-13,15-16H,14H2,1-3H3/b12-10+. The van der Waals surface area contributed by atoms with Gasteiger partial charge in [0, 0.05) is 31.0 Å². The number of halogens is 2. The molecule has 0 radical (unpaired) electrons. The minimum absolute atomic E-state index is 0.0149. The van der Waals surface area contributed by atoms with E-state index in [-0.39, 0.29) is 17.9 Å². The molecule has 0 spiro atoms. The zero-order valence-electron chi connectivity index (χ0n) is 18.0. The Balaban J connectivity index is 1.75. The van der Waals surface area contributed by atoms with Gasteiger partial charge >= 0.3 is 0 Å². The van der Waals surface area contributed by atoms with Crippen LogP contribution < -0.4 is 4.90 Å². The third-order valence-corrected chi connectivity index (χ3v) is 6.25. The molecule has 8 heteroatoms. The Morgan fingerprint density at radius 2 is 1.81 bits per heavy atom. The lowest BCUT2D eigenvalue weighted by Gasteiger charge is -2.25. The van der Waals surface area contributed by atoms with Crippen molar-refractivity contribution in [3.63, 3.8) is 0 Å². The third kappa shape index (κ3) is 5.97. The van der Waals surface area contributed by atoms with E-state index in [0.29, 0.717) is 27.4 Å². The molecule has 5 nitrogen and oxygen atoms in total. The number of hydrogen-bond donors (Lipinski definition) is 0. The topological polar surface area (TPSA) is 53.5 Å². The van der Waals surface area contributed by atoms with Crippen LogP contribution in [0.3, 0.4) is 0 Å². The van der Waals surface area contributed by atoms with Crippen LogP contribution in [0.2, 0.25) is 10.0 Å². The summed E-state index contributed by atoms with van der Waals surface area (Å²) in [6.45, 7) is 5.81. The number of rotatable bonds is 7. The summed E-state index contributed by atoms with van der Waals surface area (Å²) in [4.78, 5) is 32.9. The van der Waals surface area contributed by atoms with E-state index in [2.05, 4.69) is 4.98 Å². The van der Waals surface area contributed by atoms with E-state index in [9.17, 15) is 9.59 Å². The first-order valence-corrected chi connectivity index (χ1v) is 11.6. The van der Waals surface area contributed by atoms with Gasteiger partial charge in [0.05, 0.1) is 21.4 Å². The van der Waals surface area contributed by atoms with Gasteiger partial charge in [0.25, 0.3) is 0 Å². The van der Waals surface area contributed by atoms with Crippen LogP contribution in [0.25, 0.3) is 6.08 Å². The number of nitrogens with zero attached hydrogens (tertiary/aromatic N) is 3. The van der Waals surface area contributed by atoms with Crippen molar-refractivity contribution in [2.75, 3.05) is 4.90 Å². The number of thiazole rings is 1. The summed E-state index contributed by atoms with van der Waals surface area (Å²) >= 11 is 13.4. The molecule has 0 bridgehead atoms. The molecule has 0 atom stereocenters. The summed E-state index contributed by atoms with van der Waals surface area (Å²) in [6, 6.07) is 14.7. The molecule has 0 unspecified atom stereocenters. The molecule has 0 aliphatic carbocycles. The number of carbonyl (C=O) groups is 2. The number of hydrogen-bond acceptors (Lipinski definition) is 4. The minimum atomic E-state index is -0.146. The number of anilines is 2. The Kier molecular flexibility index (Phi) is 8.07. The fourth-order valence-electron chi connectivity index (χ4n) is 3.06. The molecule has 2 aromatic carbocycles. The van der Waals surface area contributed by atoms with Crippen molar-refractivity contribution in [1.82, 2.24) is 9.88 Å². The molecule has 32 heavy (non-hydrogen) atoms. The SMILES string of the molecule is CC(=O)N(c1ccccc1)c1nc(/C=C/C(=O)N(Cc2ccc(Cl)c(Cl)c2)C(C)C)cs1. The molecule has 0 fully saturated rings. The highest BCUT2D eigenvalue weighted by Crippen LogP contribution is 2.29. The molecule has 0 aliphatic rings. The van der Waals surface area contributed by atoms with E-state index in [1.165, 1.54) is 24.3 Å². The van der Waals surface area contributed by atoms with Crippen LogP contribution in [0.1, 0.15) is 32.0 Å². The van der Waals surface area contributed by atoms with Gasteiger partial charge in [-0.15, -0.1) is 11.3 Å². The highest BCUT2D eigenvalue weighted by Gasteiger charge is 2.18. The smallest absolute Gasteiger partial charge is 0.247 e. The molecular formula is C24H23Cl2N3O2S. The van der Waals surface area contributed by atoms with Crippen LogP contribution in [-0.4, -0.2) is 27.7 Å². The molecule has 1 heterocycles. The van der Waals surface area contributed by atoms with E-state index >= 15 is 0 Å². The summed E-state index contributed by atoms with van der Waals surface area (Å²) in [5.74, 6) is -0.281. The first-order chi connectivity index (χ1) is 15.3.